The Morgan fingerprint density at radius 2 is 1.69 bits per heavy atom. The lowest BCUT2D eigenvalue weighted by Crippen LogP contribution is -2.38. The summed E-state index contributed by atoms with van der Waals surface area (Å²) in [5, 5.41) is 12.3. The number of ether oxygens (including phenoxy) is 2. The van der Waals surface area contributed by atoms with Crippen molar-refractivity contribution < 1.29 is 33.0 Å². The van der Waals surface area contributed by atoms with Gasteiger partial charge >= 0.3 is 5.97 Å². The normalized spacial score (nSPS) is 11.1. The van der Waals surface area contributed by atoms with Gasteiger partial charge in [-0.2, -0.15) is 0 Å². The Labute approximate surface area is 206 Å². The number of benzene rings is 3. The summed E-state index contributed by atoms with van der Waals surface area (Å²) in [6, 6.07) is 13.3. The second-order valence-electron chi connectivity index (χ2n) is 8.23. The van der Waals surface area contributed by atoms with Crippen molar-refractivity contribution >= 4 is 23.5 Å². The van der Waals surface area contributed by atoms with Gasteiger partial charge in [-0.3, -0.25) is 4.79 Å². The van der Waals surface area contributed by atoms with Crippen LogP contribution < -0.4 is 14.8 Å². The number of halogens is 3. The zero-order valence-corrected chi connectivity index (χ0v) is 20.1. The Bertz CT molecular complexity index is 1250. The predicted octanol–water partition coefficient (Wildman–Crippen LogP) is 5.51. The van der Waals surface area contributed by atoms with Crippen molar-refractivity contribution in [1.82, 2.24) is 5.32 Å². The van der Waals surface area contributed by atoms with E-state index in [0.717, 1.165) is 17.7 Å². The quantitative estimate of drug-likeness (QED) is 0.402. The molecule has 3 rings (SSSR count). The smallest absolute Gasteiger partial charge is 0.347 e. The van der Waals surface area contributed by atoms with Crippen molar-refractivity contribution in [3.63, 3.8) is 0 Å². The molecule has 0 aliphatic rings. The minimum absolute atomic E-state index is 0.0101. The molecule has 0 aliphatic heterocycles. The number of aliphatic carboxylic acids is 1. The van der Waals surface area contributed by atoms with Gasteiger partial charge in [-0.05, 0) is 55.7 Å². The van der Waals surface area contributed by atoms with E-state index in [-0.39, 0.29) is 11.5 Å². The number of carboxylic acids is 1. The summed E-state index contributed by atoms with van der Waals surface area (Å²) in [4.78, 5) is 23.7. The number of methoxy groups -OCH3 is 1. The fraction of sp³-hybridized carbons (Fsp3) is 0.231. The molecule has 3 aromatic carbocycles. The van der Waals surface area contributed by atoms with Crippen molar-refractivity contribution in [3.8, 4) is 22.6 Å². The summed E-state index contributed by atoms with van der Waals surface area (Å²) in [6.07, 6.45) is 0.503. The van der Waals surface area contributed by atoms with Crippen LogP contribution in [0.2, 0.25) is 5.02 Å². The molecular weight excluding hydrogens is 480 g/mol. The molecule has 9 heteroatoms. The van der Waals surface area contributed by atoms with Crippen LogP contribution in [0.15, 0.2) is 54.6 Å². The second-order valence-corrected chi connectivity index (χ2v) is 8.66. The van der Waals surface area contributed by atoms with Gasteiger partial charge in [-0.15, -0.1) is 0 Å². The number of nitrogens with one attached hydrogen (secondary N) is 1. The first-order valence-electron chi connectivity index (χ1n) is 10.6. The summed E-state index contributed by atoms with van der Waals surface area (Å²) in [6.45, 7) is 2.82. The molecule has 6 nitrogen and oxygen atoms in total. The molecule has 3 aromatic rings. The highest BCUT2D eigenvalue weighted by Gasteiger charge is 2.31. The van der Waals surface area contributed by atoms with Crippen LogP contribution in [0, 0.1) is 11.6 Å². The number of hydrogen-bond acceptors (Lipinski definition) is 4. The van der Waals surface area contributed by atoms with E-state index in [2.05, 4.69) is 5.32 Å². The van der Waals surface area contributed by atoms with Crippen LogP contribution in [0.1, 0.15) is 29.8 Å². The molecular formula is C26H24ClF2NO5. The van der Waals surface area contributed by atoms with Crippen molar-refractivity contribution in [2.75, 3.05) is 13.7 Å². The molecule has 0 aromatic heterocycles. The highest BCUT2D eigenvalue weighted by atomic mass is 35.5. The average molecular weight is 504 g/mol. The van der Waals surface area contributed by atoms with Crippen LogP contribution in [0.25, 0.3) is 11.1 Å². The Balaban J connectivity index is 1.66. The van der Waals surface area contributed by atoms with Gasteiger partial charge in [0.05, 0.1) is 12.7 Å². The van der Waals surface area contributed by atoms with E-state index >= 15 is 0 Å². The van der Waals surface area contributed by atoms with Crippen LogP contribution in [0.3, 0.4) is 0 Å². The third kappa shape index (κ3) is 6.27. The number of rotatable bonds is 9. The van der Waals surface area contributed by atoms with Crippen LogP contribution in [0.4, 0.5) is 8.78 Å². The third-order valence-electron chi connectivity index (χ3n) is 5.27. The van der Waals surface area contributed by atoms with Crippen LogP contribution in [0.5, 0.6) is 11.5 Å². The molecule has 0 fully saturated rings. The van der Waals surface area contributed by atoms with Gasteiger partial charge in [0.15, 0.2) is 17.2 Å². The maximum Gasteiger partial charge on any atom is 0.347 e. The molecule has 35 heavy (non-hydrogen) atoms. The zero-order chi connectivity index (χ0) is 25.8. The van der Waals surface area contributed by atoms with Crippen LogP contribution in [-0.4, -0.2) is 36.2 Å². The van der Waals surface area contributed by atoms with Gasteiger partial charge in [0.25, 0.3) is 5.91 Å². The summed E-state index contributed by atoms with van der Waals surface area (Å²) in [5.41, 5.74) is -0.0787. The first-order valence-corrected chi connectivity index (χ1v) is 11.0. The molecule has 184 valence electrons. The molecule has 0 saturated heterocycles. The van der Waals surface area contributed by atoms with Crippen LogP contribution in [-0.2, 0) is 11.2 Å². The van der Waals surface area contributed by atoms with Gasteiger partial charge in [-0.1, -0.05) is 35.9 Å². The molecule has 0 saturated carbocycles. The van der Waals surface area contributed by atoms with E-state index < -0.39 is 29.0 Å². The SMILES string of the molecule is COc1ccc(Cl)cc1C(=O)NCCc1ccc(-c2cc(F)c(OC(C)(C)C(=O)O)cc2F)cc1. The highest BCUT2D eigenvalue weighted by Crippen LogP contribution is 2.31. The summed E-state index contributed by atoms with van der Waals surface area (Å²) in [7, 11) is 1.47. The number of carbonyl (C=O) groups is 2. The summed E-state index contributed by atoms with van der Waals surface area (Å²) >= 11 is 5.97. The number of carboxylic acid groups (broad SMARTS) is 1. The molecule has 0 bridgehead atoms. The zero-order valence-electron chi connectivity index (χ0n) is 19.3. The number of amides is 1. The van der Waals surface area contributed by atoms with Gasteiger partial charge in [-0.25, -0.2) is 13.6 Å². The van der Waals surface area contributed by atoms with Crippen molar-refractivity contribution in [3.05, 3.63) is 82.4 Å². The van der Waals surface area contributed by atoms with Gasteiger partial charge in [0.2, 0.25) is 0 Å². The number of hydrogen-bond donors (Lipinski definition) is 2. The standard InChI is InChI=1S/C26H24ClF2NO5/c1-26(2,25(32)33)35-23-14-20(28)18(13-21(23)29)16-6-4-15(5-7-16)10-11-30-24(31)19-12-17(27)8-9-22(19)34-3/h4-9,12-14H,10-11H2,1-3H3,(H,30,31)(H,32,33). The minimum atomic E-state index is -1.72. The lowest BCUT2D eigenvalue weighted by Gasteiger charge is -2.22. The Kier molecular flexibility index (Phi) is 7.96. The minimum Gasteiger partial charge on any atom is -0.496 e. The van der Waals surface area contributed by atoms with E-state index in [1.165, 1.54) is 27.0 Å². The Morgan fingerprint density at radius 3 is 2.31 bits per heavy atom. The lowest BCUT2D eigenvalue weighted by atomic mass is 10.0. The maximum absolute atomic E-state index is 14.7. The lowest BCUT2D eigenvalue weighted by molar-refractivity contribution is -0.152. The largest absolute Gasteiger partial charge is 0.496 e. The topological polar surface area (TPSA) is 84.9 Å². The monoisotopic (exact) mass is 503 g/mol. The van der Waals surface area contributed by atoms with Crippen molar-refractivity contribution in [2.24, 2.45) is 0 Å². The highest BCUT2D eigenvalue weighted by molar-refractivity contribution is 6.31. The van der Waals surface area contributed by atoms with Crippen molar-refractivity contribution in [2.45, 2.75) is 25.9 Å². The molecule has 0 atom stereocenters. The van der Waals surface area contributed by atoms with E-state index in [9.17, 15) is 18.4 Å². The molecule has 0 unspecified atom stereocenters. The summed E-state index contributed by atoms with van der Waals surface area (Å²) in [5.74, 6) is -3.33. The molecule has 0 radical (unpaired) electrons. The summed E-state index contributed by atoms with van der Waals surface area (Å²) < 4.78 is 39.5. The van der Waals surface area contributed by atoms with E-state index in [1.54, 1.807) is 36.4 Å². The third-order valence-corrected chi connectivity index (χ3v) is 5.51. The molecule has 1 amide bonds. The second kappa shape index (κ2) is 10.7. The molecule has 0 aliphatic carbocycles. The van der Waals surface area contributed by atoms with Crippen molar-refractivity contribution in [1.29, 1.82) is 0 Å². The van der Waals surface area contributed by atoms with Gasteiger partial charge in [0.1, 0.15) is 11.6 Å². The fourth-order valence-electron chi connectivity index (χ4n) is 3.27. The van der Waals surface area contributed by atoms with Gasteiger partial charge < -0.3 is 19.9 Å². The first-order chi connectivity index (χ1) is 16.5. The molecule has 0 spiro atoms. The molecule has 2 N–H and O–H groups in total. The average Bonchev–Trinajstić information content (AvgIpc) is 2.81. The Hall–Kier alpha value is -3.65. The maximum atomic E-state index is 14.7. The number of carbonyl (C=O) groups excluding carboxylic acids is 1. The van der Waals surface area contributed by atoms with Gasteiger partial charge in [0, 0.05) is 23.2 Å². The molecule has 0 heterocycles. The van der Waals surface area contributed by atoms with E-state index in [0.29, 0.717) is 34.9 Å². The first kappa shape index (κ1) is 26.0. The van der Waals surface area contributed by atoms with E-state index in [4.69, 9.17) is 26.2 Å². The van der Waals surface area contributed by atoms with E-state index in [1.807, 2.05) is 0 Å². The fourth-order valence-corrected chi connectivity index (χ4v) is 3.44. The predicted molar refractivity (Wildman–Crippen MR) is 128 cm³/mol. The Morgan fingerprint density at radius 1 is 1.00 bits per heavy atom. The van der Waals surface area contributed by atoms with Crippen LogP contribution >= 0.6 is 11.6 Å².